The third-order valence-corrected chi connectivity index (χ3v) is 5.57. The minimum Gasteiger partial charge on any atom is -0.351 e. The molecule has 1 aliphatic rings. The van der Waals surface area contributed by atoms with Gasteiger partial charge in [0.1, 0.15) is 5.82 Å². The lowest BCUT2D eigenvalue weighted by Gasteiger charge is -2.33. The van der Waals surface area contributed by atoms with E-state index >= 15 is 0 Å². The van der Waals surface area contributed by atoms with E-state index in [0.29, 0.717) is 11.7 Å². The molecule has 1 aromatic heterocycles. The summed E-state index contributed by atoms with van der Waals surface area (Å²) in [6, 6.07) is 8.74. The number of benzene rings is 1. The van der Waals surface area contributed by atoms with Crippen molar-refractivity contribution in [3.63, 3.8) is 0 Å². The summed E-state index contributed by atoms with van der Waals surface area (Å²) in [6.07, 6.45) is 2.82. The van der Waals surface area contributed by atoms with E-state index in [1.165, 1.54) is 6.07 Å². The summed E-state index contributed by atoms with van der Waals surface area (Å²) in [7, 11) is 1.82. The summed E-state index contributed by atoms with van der Waals surface area (Å²) in [5.74, 6) is 0.802. The summed E-state index contributed by atoms with van der Waals surface area (Å²) in [4.78, 5) is 16.7. The largest absolute Gasteiger partial charge is 0.351 e. The third kappa shape index (κ3) is 5.19. The maximum atomic E-state index is 13.7. The van der Waals surface area contributed by atoms with Crippen LogP contribution in [0.2, 0.25) is 0 Å². The van der Waals surface area contributed by atoms with E-state index < -0.39 is 0 Å². The molecule has 2 heterocycles. The van der Waals surface area contributed by atoms with Gasteiger partial charge in [-0.3, -0.25) is 4.79 Å². The molecule has 1 aliphatic heterocycles. The average molecular weight is 387 g/mol. The highest BCUT2D eigenvalue weighted by Crippen LogP contribution is 2.20. The Balaban J connectivity index is 1.43. The maximum Gasteiger partial charge on any atom is 0.292 e. The fourth-order valence-electron chi connectivity index (χ4n) is 3.69. The first-order valence-corrected chi connectivity index (χ1v) is 10.1. The number of halogens is 1. The smallest absolute Gasteiger partial charge is 0.292 e. The molecular weight excluding hydrogens is 357 g/mol. The second kappa shape index (κ2) is 9.32. The molecular formula is C22H30FN3O2. The standard InChI is InChI=1S/C22H30FN3O2/c1-16(2)20-14-21(28-24-20)22(27)25(3)15-17-8-11-26(12-9-17)13-10-18-6-4-5-7-19(18)23/h4-7,14,16-17H,8-13,15H2,1-3H3. The Kier molecular flexibility index (Phi) is 6.83. The highest BCUT2D eigenvalue weighted by molar-refractivity contribution is 5.91. The van der Waals surface area contributed by atoms with Crippen LogP contribution in [0.15, 0.2) is 34.9 Å². The molecule has 28 heavy (non-hydrogen) atoms. The molecule has 5 nitrogen and oxygen atoms in total. The maximum absolute atomic E-state index is 13.7. The second-order valence-electron chi connectivity index (χ2n) is 8.08. The minimum atomic E-state index is -0.120. The Morgan fingerprint density at radius 3 is 2.68 bits per heavy atom. The zero-order valence-corrected chi connectivity index (χ0v) is 17.0. The van der Waals surface area contributed by atoms with Gasteiger partial charge in [-0.1, -0.05) is 37.2 Å². The Bertz CT molecular complexity index is 782. The van der Waals surface area contributed by atoms with Gasteiger partial charge in [-0.15, -0.1) is 0 Å². The fourth-order valence-corrected chi connectivity index (χ4v) is 3.69. The molecule has 1 amide bonds. The van der Waals surface area contributed by atoms with E-state index in [1.54, 1.807) is 17.0 Å². The van der Waals surface area contributed by atoms with Crippen molar-refractivity contribution < 1.29 is 13.7 Å². The highest BCUT2D eigenvalue weighted by atomic mass is 19.1. The number of amides is 1. The van der Waals surface area contributed by atoms with Gasteiger partial charge < -0.3 is 14.3 Å². The van der Waals surface area contributed by atoms with Gasteiger partial charge in [-0.25, -0.2) is 4.39 Å². The van der Waals surface area contributed by atoms with E-state index in [0.717, 1.165) is 56.7 Å². The van der Waals surface area contributed by atoms with E-state index in [1.807, 2.05) is 33.0 Å². The topological polar surface area (TPSA) is 49.6 Å². The number of rotatable bonds is 7. The van der Waals surface area contributed by atoms with Gasteiger partial charge in [0.15, 0.2) is 0 Å². The van der Waals surface area contributed by atoms with E-state index in [2.05, 4.69) is 10.1 Å². The molecule has 2 aromatic rings. The lowest BCUT2D eigenvalue weighted by Crippen LogP contribution is -2.40. The SMILES string of the molecule is CC(C)c1cc(C(=O)N(C)CC2CCN(CCc3ccccc3F)CC2)on1. The molecule has 6 heteroatoms. The Morgan fingerprint density at radius 2 is 2.04 bits per heavy atom. The van der Waals surface area contributed by atoms with Crippen molar-refractivity contribution in [1.82, 2.24) is 15.0 Å². The molecule has 0 bridgehead atoms. The molecule has 0 aliphatic carbocycles. The summed E-state index contributed by atoms with van der Waals surface area (Å²) in [5.41, 5.74) is 1.59. The molecule has 0 spiro atoms. The van der Waals surface area contributed by atoms with Crippen molar-refractivity contribution in [2.24, 2.45) is 5.92 Å². The monoisotopic (exact) mass is 387 g/mol. The number of aromatic nitrogens is 1. The predicted molar refractivity (Wildman–Crippen MR) is 107 cm³/mol. The second-order valence-corrected chi connectivity index (χ2v) is 8.08. The van der Waals surface area contributed by atoms with Gasteiger partial charge in [0.05, 0.1) is 5.69 Å². The summed E-state index contributed by atoms with van der Waals surface area (Å²) in [6.45, 7) is 7.61. The number of nitrogens with zero attached hydrogens (tertiary/aromatic N) is 3. The van der Waals surface area contributed by atoms with Crippen molar-refractivity contribution >= 4 is 5.91 Å². The first-order valence-electron chi connectivity index (χ1n) is 10.1. The van der Waals surface area contributed by atoms with Gasteiger partial charge >= 0.3 is 0 Å². The first-order chi connectivity index (χ1) is 13.4. The van der Waals surface area contributed by atoms with Crippen LogP contribution in [-0.2, 0) is 6.42 Å². The molecule has 0 radical (unpaired) electrons. The lowest BCUT2D eigenvalue weighted by molar-refractivity contribution is 0.0700. The van der Waals surface area contributed by atoms with Crippen molar-refractivity contribution in [1.29, 1.82) is 0 Å². The zero-order valence-electron chi connectivity index (χ0n) is 17.0. The Labute approximate surface area is 166 Å². The molecule has 0 unspecified atom stereocenters. The van der Waals surface area contributed by atoms with Crippen LogP contribution in [0.3, 0.4) is 0 Å². The lowest BCUT2D eigenvalue weighted by atomic mass is 9.96. The van der Waals surface area contributed by atoms with Crippen LogP contribution < -0.4 is 0 Å². The van der Waals surface area contributed by atoms with Crippen molar-refractivity contribution in [2.45, 2.75) is 39.0 Å². The predicted octanol–water partition coefficient (Wildman–Crippen LogP) is 3.96. The van der Waals surface area contributed by atoms with Crippen LogP contribution >= 0.6 is 0 Å². The number of piperidine rings is 1. The van der Waals surface area contributed by atoms with Gasteiger partial charge in [-0.2, -0.15) is 0 Å². The van der Waals surface area contributed by atoms with Gasteiger partial charge in [0.25, 0.3) is 5.91 Å². The zero-order chi connectivity index (χ0) is 20.1. The van der Waals surface area contributed by atoms with Crippen LogP contribution in [0.1, 0.15) is 54.4 Å². The van der Waals surface area contributed by atoms with Crippen LogP contribution in [0, 0.1) is 11.7 Å². The van der Waals surface area contributed by atoms with Gasteiger partial charge in [-0.05, 0) is 55.8 Å². The number of hydrogen-bond acceptors (Lipinski definition) is 4. The average Bonchev–Trinajstić information content (AvgIpc) is 3.18. The Hall–Kier alpha value is -2.21. The molecule has 0 saturated carbocycles. The van der Waals surface area contributed by atoms with Crippen LogP contribution in [-0.4, -0.2) is 54.1 Å². The third-order valence-electron chi connectivity index (χ3n) is 5.57. The van der Waals surface area contributed by atoms with E-state index in [-0.39, 0.29) is 17.6 Å². The van der Waals surface area contributed by atoms with Crippen molar-refractivity contribution in [3.8, 4) is 0 Å². The van der Waals surface area contributed by atoms with Crippen molar-refractivity contribution in [3.05, 3.63) is 53.2 Å². The highest BCUT2D eigenvalue weighted by Gasteiger charge is 2.24. The summed E-state index contributed by atoms with van der Waals surface area (Å²) < 4.78 is 19.0. The van der Waals surface area contributed by atoms with E-state index in [9.17, 15) is 9.18 Å². The number of likely N-dealkylation sites (tertiary alicyclic amines) is 1. The summed E-state index contributed by atoms with van der Waals surface area (Å²) in [5, 5.41) is 3.97. The van der Waals surface area contributed by atoms with Crippen LogP contribution in [0.4, 0.5) is 4.39 Å². The van der Waals surface area contributed by atoms with Gasteiger partial charge in [0.2, 0.25) is 5.76 Å². The molecule has 0 atom stereocenters. The van der Waals surface area contributed by atoms with Gasteiger partial charge in [0, 0.05) is 26.2 Å². The normalized spacial score (nSPS) is 15.9. The first kappa shape index (κ1) is 20.5. The molecule has 0 N–H and O–H groups in total. The number of carbonyl (C=O) groups excluding carboxylic acids is 1. The molecule has 1 saturated heterocycles. The molecule has 152 valence electrons. The Morgan fingerprint density at radius 1 is 1.32 bits per heavy atom. The minimum absolute atomic E-state index is 0.110. The number of hydrogen-bond donors (Lipinski definition) is 0. The van der Waals surface area contributed by atoms with Crippen LogP contribution in [0.5, 0.6) is 0 Å². The van der Waals surface area contributed by atoms with E-state index in [4.69, 9.17) is 4.52 Å². The summed E-state index contributed by atoms with van der Waals surface area (Å²) >= 11 is 0. The molecule has 1 fully saturated rings. The fraction of sp³-hybridized carbons (Fsp3) is 0.545. The molecule has 1 aromatic carbocycles. The van der Waals surface area contributed by atoms with Crippen LogP contribution in [0.25, 0.3) is 0 Å². The molecule has 3 rings (SSSR count). The number of carbonyl (C=O) groups is 1. The van der Waals surface area contributed by atoms with Crippen molar-refractivity contribution in [2.75, 3.05) is 33.2 Å². The quantitative estimate of drug-likeness (QED) is 0.721.